The van der Waals surface area contributed by atoms with Gasteiger partial charge in [-0.05, 0) is 25.3 Å². The smallest absolute Gasteiger partial charge is 0.0624 e. The third-order valence-electron chi connectivity index (χ3n) is 2.07. The van der Waals surface area contributed by atoms with Crippen LogP contribution in [0.4, 0.5) is 0 Å². The van der Waals surface area contributed by atoms with Crippen LogP contribution < -0.4 is 0 Å². The molecule has 0 spiro atoms. The fourth-order valence-corrected chi connectivity index (χ4v) is 1.38. The van der Waals surface area contributed by atoms with Gasteiger partial charge in [0.05, 0.1) is 5.69 Å². The van der Waals surface area contributed by atoms with Crippen LogP contribution in [0.1, 0.15) is 38.6 Å². The van der Waals surface area contributed by atoms with Gasteiger partial charge in [-0.1, -0.05) is 20.8 Å². The van der Waals surface area contributed by atoms with Crippen molar-refractivity contribution in [3.05, 3.63) is 17.5 Å². The lowest BCUT2D eigenvalue weighted by atomic mass is 10.2. The van der Waals surface area contributed by atoms with Crippen LogP contribution in [0, 0.1) is 0 Å². The summed E-state index contributed by atoms with van der Waals surface area (Å²) in [5, 5.41) is 4.51. The SMILES string of the molecule is CCCn1nc(CC)cc1CC. The summed E-state index contributed by atoms with van der Waals surface area (Å²) in [6.07, 6.45) is 3.30. The Morgan fingerprint density at radius 1 is 1.25 bits per heavy atom. The Balaban J connectivity index is 2.84. The summed E-state index contributed by atoms with van der Waals surface area (Å²) in [6, 6.07) is 2.22. The fraction of sp³-hybridized carbons (Fsp3) is 0.700. The molecule has 68 valence electrons. The van der Waals surface area contributed by atoms with Crippen molar-refractivity contribution in [3.8, 4) is 0 Å². The zero-order chi connectivity index (χ0) is 8.97. The molecule has 0 saturated carbocycles. The molecule has 0 atom stereocenters. The predicted octanol–water partition coefficient (Wildman–Crippen LogP) is 2.42. The van der Waals surface area contributed by atoms with Gasteiger partial charge >= 0.3 is 0 Å². The van der Waals surface area contributed by atoms with Gasteiger partial charge in [0.25, 0.3) is 0 Å². The molecule has 0 aliphatic rings. The van der Waals surface area contributed by atoms with Gasteiger partial charge in [-0.3, -0.25) is 4.68 Å². The monoisotopic (exact) mass is 166 g/mol. The number of rotatable bonds is 4. The molecule has 1 aromatic heterocycles. The molecular formula is C10H18N2. The van der Waals surface area contributed by atoms with Gasteiger partial charge < -0.3 is 0 Å². The van der Waals surface area contributed by atoms with Crippen molar-refractivity contribution in [1.82, 2.24) is 9.78 Å². The number of aryl methyl sites for hydroxylation is 3. The Kier molecular flexibility index (Phi) is 3.32. The lowest BCUT2D eigenvalue weighted by molar-refractivity contribution is 0.571. The maximum Gasteiger partial charge on any atom is 0.0624 e. The van der Waals surface area contributed by atoms with Gasteiger partial charge in [-0.15, -0.1) is 0 Å². The molecule has 0 aliphatic carbocycles. The van der Waals surface area contributed by atoms with E-state index < -0.39 is 0 Å². The van der Waals surface area contributed by atoms with E-state index in [4.69, 9.17) is 0 Å². The summed E-state index contributed by atoms with van der Waals surface area (Å²) < 4.78 is 2.14. The average Bonchev–Trinajstić information content (AvgIpc) is 2.48. The molecule has 1 rings (SSSR count). The quantitative estimate of drug-likeness (QED) is 0.671. The van der Waals surface area contributed by atoms with Crippen molar-refractivity contribution >= 4 is 0 Å². The molecule has 0 fully saturated rings. The highest BCUT2D eigenvalue weighted by Gasteiger charge is 2.02. The average molecular weight is 166 g/mol. The van der Waals surface area contributed by atoms with Crippen LogP contribution in [-0.4, -0.2) is 9.78 Å². The Labute approximate surface area is 74.6 Å². The van der Waals surface area contributed by atoms with Gasteiger partial charge in [-0.2, -0.15) is 5.10 Å². The number of nitrogens with zero attached hydrogens (tertiary/aromatic N) is 2. The molecular weight excluding hydrogens is 148 g/mol. The third kappa shape index (κ3) is 1.87. The molecule has 0 N–H and O–H groups in total. The van der Waals surface area contributed by atoms with E-state index in [0.717, 1.165) is 25.8 Å². The zero-order valence-electron chi connectivity index (χ0n) is 8.30. The van der Waals surface area contributed by atoms with Crippen molar-refractivity contribution < 1.29 is 0 Å². The highest BCUT2D eigenvalue weighted by Crippen LogP contribution is 2.06. The minimum absolute atomic E-state index is 1.05. The van der Waals surface area contributed by atoms with E-state index >= 15 is 0 Å². The van der Waals surface area contributed by atoms with Crippen LogP contribution in [-0.2, 0) is 19.4 Å². The first-order valence-electron chi connectivity index (χ1n) is 4.87. The molecule has 0 amide bonds. The summed E-state index contributed by atoms with van der Waals surface area (Å²) in [7, 11) is 0. The standard InChI is InChI=1S/C10H18N2/c1-4-7-12-10(6-3)8-9(5-2)11-12/h8H,4-7H2,1-3H3. The van der Waals surface area contributed by atoms with Crippen LogP contribution in [0.3, 0.4) is 0 Å². The Hall–Kier alpha value is -0.790. The van der Waals surface area contributed by atoms with Crippen LogP contribution >= 0.6 is 0 Å². The first-order chi connectivity index (χ1) is 5.81. The second-order valence-corrected chi connectivity index (χ2v) is 3.06. The number of hydrogen-bond acceptors (Lipinski definition) is 1. The summed E-state index contributed by atoms with van der Waals surface area (Å²) in [5.41, 5.74) is 2.59. The normalized spacial score (nSPS) is 10.6. The minimum Gasteiger partial charge on any atom is -0.269 e. The van der Waals surface area contributed by atoms with E-state index in [1.165, 1.54) is 11.4 Å². The van der Waals surface area contributed by atoms with Crippen LogP contribution in [0.5, 0.6) is 0 Å². The first kappa shape index (κ1) is 9.30. The molecule has 1 heterocycles. The summed E-state index contributed by atoms with van der Waals surface area (Å²) in [5.74, 6) is 0. The Morgan fingerprint density at radius 2 is 2.00 bits per heavy atom. The molecule has 0 radical (unpaired) electrons. The van der Waals surface area contributed by atoms with Gasteiger partial charge in [0, 0.05) is 12.2 Å². The lowest BCUT2D eigenvalue weighted by Gasteiger charge is -2.01. The summed E-state index contributed by atoms with van der Waals surface area (Å²) in [4.78, 5) is 0. The van der Waals surface area contributed by atoms with Crippen molar-refractivity contribution in [2.24, 2.45) is 0 Å². The van der Waals surface area contributed by atoms with E-state index in [1.807, 2.05) is 0 Å². The van der Waals surface area contributed by atoms with Crippen molar-refractivity contribution in [2.45, 2.75) is 46.6 Å². The topological polar surface area (TPSA) is 17.8 Å². The van der Waals surface area contributed by atoms with Crippen LogP contribution in [0.25, 0.3) is 0 Å². The van der Waals surface area contributed by atoms with Crippen LogP contribution in [0.2, 0.25) is 0 Å². The summed E-state index contributed by atoms with van der Waals surface area (Å²) >= 11 is 0. The van der Waals surface area contributed by atoms with E-state index in [2.05, 4.69) is 36.6 Å². The van der Waals surface area contributed by atoms with Crippen molar-refractivity contribution in [1.29, 1.82) is 0 Å². The Morgan fingerprint density at radius 3 is 2.50 bits per heavy atom. The minimum atomic E-state index is 1.05. The Bertz CT molecular complexity index is 238. The van der Waals surface area contributed by atoms with Crippen LogP contribution in [0.15, 0.2) is 6.07 Å². The fourth-order valence-electron chi connectivity index (χ4n) is 1.38. The molecule has 0 saturated heterocycles. The van der Waals surface area contributed by atoms with E-state index in [-0.39, 0.29) is 0 Å². The molecule has 0 aromatic carbocycles. The first-order valence-corrected chi connectivity index (χ1v) is 4.87. The van der Waals surface area contributed by atoms with Gasteiger partial charge in [0.15, 0.2) is 0 Å². The van der Waals surface area contributed by atoms with E-state index in [0.29, 0.717) is 0 Å². The molecule has 0 bridgehead atoms. The molecule has 0 unspecified atom stereocenters. The highest BCUT2D eigenvalue weighted by atomic mass is 15.3. The number of aromatic nitrogens is 2. The molecule has 0 aliphatic heterocycles. The van der Waals surface area contributed by atoms with Crippen molar-refractivity contribution in [3.63, 3.8) is 0 Å². The van der Waals surface area contributed by atoms with Crippen molar-refractivity contribution in [2.75, 3.05) is 0 Å². The molecule has 1 aromatic rings. The van der Waals surface area contributed by atoms with Gasteiger partial charge in [0.2, 0.25) is 0 Å². The third-order valence-corrected chi connectivity index (χ3v) is 2.07. The van der Waals surface area contributed by atoms with E-state index in [1.54, 1.807) is 0 Å². The number of hydrogen-bond donors (Lipinski definition) is 0. The van der Waals surface area contributed by atoms with Gasteiger partial charge in [-0.25, -0.2) is 0 Å². The van der Waals surface area contributed by atoms with Gasteiger partial charge in [0.1, 0.15) is 0 Å². The maximum atomic E-state index is 4.51. The lowest BCUT2D eigenvalue weighted by Crippen LogP contribution is -2.03. The second kappa shape index (κ2) is 4.29. The highest BCUT2D eigenvalue weighted by molar-refractivity contribution is 5.10. The zero-order valence-corrected chi connectivity index (χ0v) is 8.30. The largest absolute Gasteiger partial charge is 0.269 e. The summed E-state index contributed by atoms with van der Waals surface area (Å²) in [6.45, 7) is 7.58. The molecule has 2 heteroatoms. The molecule has 2 nitrogen and oxygen atoms in total. The molecule has 12 heavy (non-hydrogen) atoms. The predicted molar refractivity (Wildman–Crippen MR) is 51.3 cm³/mol. The second-order valence-electron chi connectivity index (χ2n) is 3.06. The van der Waals surface area contributed by atoms with E-state index in [9.17, 15) is 0 Å². The maximum absolute atomic E-state index is 4.51.